The van der Waals surface area contributed by atoms with Crippen molar-refractivity contribution in [1.82, 2.24) is 19.4 Å². The fraction of sp³-hybridized carbons (Fsp3) is 0.727. The summed E-state index contributed by atoms with van der Waals surface area (Å²) >= 11 is 1.19. The van der Waals surface area contributed by atoms with E-state index in [2.05, 4.69) is 10.2 Å². The highest BCUT2D eigenvalue weighted by Crippen LogP contribution is 2.17. The van der Waals surface area contributed by atoms with Gasteiger partial charge in [-0.25, -0.2) is 8.42 Å². The molecule has 8 nitrogen and oxygen atoms in total. The molecule has 0 unspecified atom stereocenters. The molecule has 21 heavy (non-hydrogen) atoms. The maximum atomic E-state index is 12.1. The van der Waals surface area contributed by atoms with Crippen LogP contribution in [-0.2, 0) is 14.8 Å². The maximum absolute atomic E-state index is 12.1. The van der Waals surface area contributed by atoms with Crippen molar-refractivity contribution in [3.8, 4) is 0 Å². The first-order valence-corrected chi connectivity index (χ1v) is 9.20. The summed E-state index contributed by atoms with van der Waals surface area (Å²) in [7, 11) is -3.17. The van der Waals surface area contributed by atoms with Crippen molar-refractivity contribution in [2.45, 2.75) is 19.1 Å². The number of carbonyl (C=O) groups excluding carboxylic acids is 1. The first-order valence-electron chi connectivity index (χ1n) is 6.61. The number of rotatable bonds is 5. The first kappa shape index (κ1) is 16.2. The van der Waals surface area contributed by atoms with Gasteiger partial charge in [0.15, 0.2) is 0 Å². The number of sulfonamides is 1. The molecule has 1 aromatic rings. The predicted molar refractivity (Wildman–Crippen MR) is 77.4 cm³/mol. The molecule has 0 aliphatic carbocycles. The SMILES string of the molecule is CCS(=O)(=O)N1CCN(C(=O)CSc2nnc(C)o2)CC1. The van der Waals surface area contributed by atoms with Crippen LogP contribution in [0.2, 0.25) is 0 Å². The van der Waals surface area contributed by atoms with Gasteiger partial charge >= 0.3 is 0 Å². The molecule has 1 fully saturated rings. The van der Waals surface area contributed by atoms with Crippen LogP contribution < -0.4 is 0 Å². The van der Waals surface area contributed by atoms with E-state index in [9.17, 15) is 13.2 Å². The van der Waals surface area contributed by atoms with Gasteiger partial charge in [0.2, 0.25) is 21.8 Å². The molecule has 10 heteroatoms. The molecule has 0 atom stereocenters. The fourth-order valence-corrected chi connectivity index (χ4v) is 3.74. The van der Waals surface area contributed by atoms with Gasteiger partial charge < -0.3 is 9.32 Å². The second-order valence-electron chi connectivity index (χ2n) is 4.56. The Labute approximate surface area is 127 Å². The molecule has 1 aliphatic heterocycles. The topological polar surface area (TPSA) is 96.6 Å². The molecular weight excluding hydrogens is 316 g/mol. The van der Waals surface area contributed by atoms with Crippen LogP contribution in [0.1, 0.15) is 12.8 Å². The number of nitrogens with zero attached hydrogens (tertiary/aromatic N) is 4. The Balaban J connectivity index is 1.80. The molecular formula is C11H18N4O4S2. The Kier molecular flexibility index (Phi) is 5.22. The summed E-state index contributed by atoms with van der Waals surface area (Å²) in [5.74, 6) is 0.711. The lowest BCUT2D eigenvalue weighted by Gasteiger charge is -2.33. The summed E-state index contributed by atoms with van der Waals surface area (Å²) in [5.41, 5.74) is 0. The van der Waals surface area contributed by atoms with Gasteiger partial charge in [-0.2, -0.15) is 4.31 Å². The quantitative estimate of drug-likeness (QED) is 0.697. The zero-order valence-electron chi connectivity index (χ0n) is 12.0. The van der Waals surface area contributed by atoms with Gasteiger partial charge in [0.25, 0.3) is 5.22 Å². The Morgan fingerprint density at radius 3 is 2.48 bits per heavy atom. The highest BCUT2D eigenvalue weighted by atomic mass is 32.2. The van der Waals surface area contributed by atoms with E-state index >= 15 is 0 Å². The van der Waals surface area contributed by atoms with Crippen LogP contribution >= 0.6 is 11.8 Å². The normalized spacial score (nSPS) is 17.1. The van der Waals surface area contributed by atoms with E-state index in [4.69, 9.17) is 4.42 Å². The van der Waals surface area contributed by atoms with E-state index in [1.54, 1.807) is 18.7 Å². The molecule has 1 amide bonds. The van der Waals surface area contributed by atoms with E-state index in [1.807, 2.05) is 0 Å². The molecule has 2 heterocycles. The lowest BCUT2D eigenvalue weighted by atomic mass is 10.3. The minimum absolute atomic E-state index is 0.0515. The highest BCUT2D eigenvalue weighted by molar-refractivity contribution is 7.99. The molecule has 1 aromatic heterocycles. The minimum atomic E-state index is -3.17. The van der Waals surface area contributed by atoms with Gasteiger partial charge in [0.05, 0.1) is 11.5 Å². The van der Waals surface area contributed by atoms with Crippen LogP contribution in [0.5, 0.6) is 0 Å². The largest absolute Gasteiger partial charge is 0.416 e. The van der Waals surface area contributed by atoms with E-state index in [0.29, 0.717) is 37.3 Å². The van der Waals surface area contributed by atoms with Crippen molar-refractivity contribution in [3.63, 3.8) is 0 Å². The lowest BCUT2D eigenvalue weighted by molar-refractivity contribution is -0.129. The monoisotopic (exact) mass is 334 g/mol. The molecule has 1 aliphatic rings. The average Bonchev–Trinajstić information content (AvgIpc) is 2.90. The van der Waals surface area contributed by atoms with Crippen LogP contribution in [0.3, 0.4) is 0 Å². The molecule has 118 valence electrons. The van der Waals surface area contributed by atoms with Gasteiger partial charge in [0.1, 0.15) is 0 Å². The van der Waals surface area contributed by atoms with Gasteiger partial charge in [-0.3, -0.25) is 4.79 Å². The number of thioether (sulfide) groups is 1. The molecule has 0 N–H and O–H groups in total. The van der Waals surface area contributed by atoms with Crippen LogP contribution in [0, 0.1) is 6.92 Å². The average molecular weight is 334 g/mol. The highest BCUT2D eigenvalue weighted by Gasteiger charge is 2.27. The van der Waals surface area contributed by atoms with Crippen molar-refractivity contribution in [3.05, 3.63) is 5.89 Å². The van der Waals surface area contributed by atoms with Crippen molar-refractivity contribution in [2.24, 2.45) is 0 Å². The van der Waals surface area contributed by atoms with Crippen molar-refractivity contribution < 1.29 is 17.6 Å². The molecule has 1 saturated heterocycles. The van der Waals surface area contributed by atoms with Gasteiger partial charge in [0, 0.05) is 33.1 Å². The van der Waals surface area contributed by atoms with Crippen molar-refractivity contribution in [2.75, 3.05) is 37.7 Å². The third-order valence-corrected chi connectivity index (χ3v) is 5.86. The number of amides is 1. The number of piperazine rings is 1. The third-order valence-electron chi connectivity index (χ3n) is 3.18. The zero-order chi connectivity index (χ0) is 15.5. The Bertz CT molecular complexity index is 593. The third kappa shape index (κ3) is 4.17. The summed E-state index contributed by atoms with van der Waals surface area (Å²) in [6.07, 6.45) is 0. The number of hydrogen-bond donors (Lipinski definition) is 0. The van der Waals surface area contributed by atoms with Crippen LogP contribution in [-0.4, -0.2) is 71.4 Å². The minimum Gasteiger partial charge on any atom is -0.416 e. The van der Waals surface area contributed by atoms with Crippen LogP contribution in [0.4, 0.5) is 0 Å². The summed E-state index contributed by atoms with van der Waals surface area (Å²) in [5, 5.41) is 7.86. The van der Waals surface area contributed by atoms with E-state index in [-0.39, 0.29) is 17.4 Å². The summed E-state index contributed by atoms with van der Waals surface area (Å²) < 4.78 is 30.1. The summed E-state index contributed by atoms with van der Waals surface area (Å²) in [6.45, 7) is 4.85. The lowest BCUT2D eigenvalue weighted by Crippen LogP contribution is -2.51. The van der Waals surface area contributed by atoms with Gasteiger partial charge in [-0.15, -0.1) is 10.2 Å². The number of aromatic nitrogens is 2. The molecule has 0 radical (unpaired) electrons. The first-order chi connectivity index (χ1) is 9.92. The number of aryl methyl sites for hydroxylation is 1. The van der Waals surface area contributed by atoms with Gasteiger partial charge in [-0.1, -0.05) is 11.8 Å². The molecule has 0 spiro atoms. The van der Waals surface area contributed by atoms with E-state index in [1.165, 1.54) is 16.1 Å². The standard InChI is InChI=1S/C11H18N4O4S2/c1-3-21(17,18)15-6-4-14(5-7-15)10(16)8-20-11-13-12-9(2)19-11/h3-8H2,1-2H3. The Hall–Kier alpha value is -1.13. The second kappa shape index (κ2) is 6.75. The molecule has 0 bridgehead atoms. The Morgan fingerprint density at radius 2 is 1.95 bits per heavy atom. The molecule has 0 saturated carbocycles. The van der Waals surface area contributed by atoms with Crippen LogP contribution in [0.25, 0.3) is 0 Å². The van der Waals surface area contributed by atoms with E-state index < -0.39 is 10.0 Å². The fourth-order valence-electron chi connectivity index (χ4n) is 1.95. The predicted octanol–water partition coefficient (Wildman–Crippen LogP) is -0.0360. The molecule has 0 aromatic carbocycles. The smallest absolute Gasteiger partial charge is 0.277 e. The summed E-state index contributed by atoms with van der Waals surface area (Å²) in [4.78, 5) is 13.7. The van der Waals surface area contributed by atoms with Crippen molar-refractivity contribution >= 4 is 27.7 Å². The molecule has 2 rings (SSSR count). The maximum Gasteiger partial charge on any atom is 0.277 e. The van der Waals surface area contributed by atoms with E-state index in [0.717, 1.165) is 0 Å². The number of carbonyl (C=O) groups is 1. The second-order valence-corrected chi connectivity index (χ2v) is 7.74. The van der Waals surface area contributed by atoms with Crippen LogP contribution in [0.15, 0.2) is 9.64 Å². The van der Waals surface area contributed by atoms with Gasteiger partial charge in [-0.05, 0) is 6.92 Å². The number of hydrogen-bond acceptors (Lipinski definition) is 7. The van der Waals surface area contributed by atoms with Crippen molar-refractivity contribution in [1.29, 1.82) is 0 Å². The zero-order valence-corrected chi connectivity index (χ0v) is 13.6. The summed E-state index contributed by atoms with van der Waals surface area (Å²) in [6, 6.07) is 0. The Morgan fingerprint density at radius 1 is 1.29 bits per heavy atom.